The van der Waals surface area contributed by atoms with Gasteiger partial charge < -0.3 is 67.7 Å². The lowest BCUT2D eigenvalue weighted by atomic mass is 10.1. The predicted molar refractivity (Wildman–Crippen MR) is 397 cm³/mol. The Morgan fingerprint density at radius 2 is 0.835 bits per heavy atom. The second kappa shape index (κ2) is 34.8. The molecule has 0 fully saturated rings. The summed E-state index contributed by atoms with van der Waals surface area (Å²) in [5.41, 5.74) is 19.9. The zero-order valence-electron chi connectivity index (χ0n) is 58.3. The minimum absolute atomic E-state index is 0. The van der Waals surface area contributed by atoms with Crippen molar-refractivity contribution in [2.75, 3.05) is 73.9 Å². The molecule has 3 amide bonds. The summed E-state index contributed by atoms with van der Waals surface area (Å²) in [7, 11) is 0. The highest BCUT2D eigenvalue weighted by atomic mass is 16.5. The van der Waals surface area contributed by atoms with Gasteiger partial charge in [-0.15, -0.1) is 6.42 Å². The van der Waals surface area contributed by atoms with Gasteiger partial charge in [0, 0.05) is 155 Å². The van der Waals surface area contributed by atoms with Crippen LogP contribution in [0.4, 0.5) is 23.8 Å². The molecular weight excluding hydrogens is 1290 g/mol. The number of benzene rings is 4. The Labute approximate surface area is 601 Å². The smallest absolute Gasteiger partial charge is 0.246 e. The Morgan fingerprint density at radius 3 is 1.18 bits per heavy atom. The zero-order valence-corrected chi connectivity index (χ0v) is 58.3. The number of nitrogens with one attached hydrogen (secondary N) is 7. The Hall–Kier alpha value is -10.7. The van der Waals surface area contributed by atoms with Gasteiger partial charge in [-0.2, -0.15) is 0 Å². The van der Waals surface area contributed by atoms with Crippen molar-refractivity contribution in [3.05, 3.63) is 224 Å². The van der Waals surface area contributed by atoms with Gasteiger partial charge in [0.15, 0.2) is 0 Å². The van der Waals surface area contributed by atoms with Crippen molar-refractivity contribution in [1.82, 2.24) is 66.0 Å². The molecule has 4 aliphatic carbocycles. The fourth-order valence-corrected chi connectivity index (χ4v) is 14.6. The molecule has 4 aliphatic heterocycles. The van der Waals surface area contributed by atoms with Gasteiger partial charge in [0.2, 0.25) is 41.5 Å². The van der Waals surface area contributed by atoms with Crippen LogP contribution in [-0.4, -0.2) is 161 Å². The molecule has 0 radical (unpaired) electrons. The van der Waals surface area contributed by atoms with E-state index < -0.39 is 0 Å². The van der Waals surface area contributed by atoms with E-state index in [0.29, 0.717) is 101 Å². The van der Waals surface area contributed by atoms with E-state index in [2.05, 4.69) is 166 Å². The number of carbonyl (C=O) groups excluding carboxylic acids is 3. The zero-order chi connectivity index (χ0) is 70.2. The monoisotopic (exact) mass is 1390 g/mol. The lowest BCUT2D eigenvalue weighted by molar-refractivity contribution is -0.134. The van der Waals surface area contributed by atoms with E-state index in [0.717, 1.165) is 130 Å². The molecule has 8 aliphatic rings. The molecule has 0 unspecified atom stereocenters. The van der Waals surface area contributed by atoms with Crippen LogP contribution < -0.4 is 32.7 Å². The number of aromatic nitrogens is 8. The first-order chi connectivity index (χ1) is 50.0. The van der Waals surface area contributed by atoms with Crippen LogP contribution in [0.1, 0.15) is 102 Å². The quantitative estimate of drug-likeness (QED) is 0.0164. The molecule has 0 bridgehead atoms. The summed E-state index contributed by atoms with van der Waals surface area (Å²) in [5, 5.41) is 31.5. The summed E-state index contributed by atoms with van der Waals surface area (Å²) in [4.78, 5) is 78.6. The Kier molecular flexibility index (Phi) is 24.3. The number of amides is 3. The first-order valence-electron chi connectivity index (χ1n) is 35.5. The summed E-state index contributed by atoms with van der Waals surface area (Å²) < 4.78 is 10.5. The van der Waals surface area contributed by atoms with Crippen molar-refractivity contribution in [2.45, 2.75) is 140 Å². The topological polar surface area (TPSA) is 325 Å². The van der Waals surface area contributed by atoms with Crippen LogP contribution in [0.25, 0.3) is 0 Å². The molecule has 103 heavy (non-hydrogen) atoms. The Morgan fingerprint density at radius 1 is 0.505 bits per heavy atom. The average molecular weight is 1390 g/mol. The summed E-state index contributed by atoms with van der Waals surface area (Å²) in [6.07, 6.45) is 26.9. The van der Waals surface area contributed by atoms with Crippen LogP contribution in [0.2, 0.25) is 0 Å². The molecule has 0 atom stereocenters. The highest BCUT2D eigenvalue weighted by molar-refractivity contribution is 6.28. The maximum absolute atomic E-state index is 12.4. The van der Waals surface area contributed by atoms with Gasteiger partial charge >= 0.3 is 0 Å². The molecule has 532 valence electrons. The summed E-state index contributed by atoms with van der Waals surface area (Å²) >= 11 is 0. The average Bonchev–Trinajstić information content (AvgIpc) is 1.50. The molecule has 24 heteroatoms. The molecule has 10 N–H and O–H groups in total. The van der Waals surface area contributed by atoms with E-state index in [-0.39, 0.29) is 55.8 Å². The molecule has 4 aromatic heterocycles. The van der Waals surface area contributed by atoms with E-state index in [9.17, 15) is 14.4 Å². The molecule has 8 aromatic rings. The van der Waals surface area contributed by atoms with Gasteiger partial charge in [-0.05, 0) is 102 Å². The molecule has 0 spiro atoms. The first-order valence-corrected chi connectivity index (χ1v) is 35.5. The van der Waals surface area contributed by atoms with Crippen molar-refractivity contribution in [1.29, 1.82) is 10.8 Å². The van der Waals surface area contributed by atoms with Crippen LogP contribution in [0.3, 0.4) is 0 Å². The van der Waals surface area contributed by atoms with E-state index in [1.54, 1.807) is 9.80 Å². The maximum atomic E-state index is 12.4. The van der Waals surface area contributed by atoms with Crippen LogP contribution in [0, 0.1) is 23.2 Å². The third-order valence-electron chi connectivity index (χ3n) is 19.9. The van der Waals surface area contributed by atoms with Crippen LogP contribution in [0.5, 0.6) is 0 Å². The largest absolute Gasteiger partial charge is 0.375 e. The Bertz CT molecular complexity index is 4310. The highest BCUT2D eigenvalue weighted by Crippen LogP contribution is 2.30. The number of anilines is 4. The summed E-state index contributed by atoms with van der Waals surface area (Å²) in [6.45, 7) is 9.99. The fourth-order valence-electron chi connectivity index (χ4n) is 14.6. The van der Waals surface area contributed by atoms with Gasteiger partial charge in [0.05, 0.1) is 61.1 Å². The molecule has 0 saturated carbocycles. The standard InChI is InChI=1S/C22H26N6O2.C22H24N4O2.C19H20N4O.C16H18N4.H3N/c23-11-18(24)14-30-8-6-21(29)28-7-5-20-17(13-28)12-25-22(27-20)26-19-9-15-3-1-2-4-16(15)10-19;1-2-10-28-11-8-21(27)26-9-7-20-18(15-26)14-23-22(25-20)24-19-12-16-5-3-4-6-17(16)13-19;1-2-18(24)23-8-7-17-15(12-23)11-20-19(22-17)21-16-9-13-5-3-4-6-14(13)10-16;1-2-4-12-8-14(7-11(12)3-1)19-16-18-10-13-9-17-6-5-15(13)20-16;/h1-4,11-12,19,23-24H,5-10,13-14H2,(H,25,26,27);1,3-6,14,19H,7-13,15H2,(H,23,24,25);2-6,11,16H,1,7-10,12H2,(H,20,21,22);1-4,10,14,17H,5-9H2,(H,18,19,20);1H3. The van der Waals surface area contributed by atoms with Crippen molar-refractivity contribution >= 4 is 53.4 Å². The van der Waals surface area contributed by atoms with Gasteiger partial charge in [0.1, 0.15) is 6.61 Å². The molecule has 4 aromatic carbocycles. The SMILES string of the molecule is C#CCOCCC(=O)N1CCc2nc(NC3Cc4ccccc4C3)ncc2C1.C=CC(=O)N1CCc2nc(NC3Cc4ccccc4C3)ncc2C1.N.N=CC(=N)COCCC(=O)N1CCc2nc(NC3Cc4ccccc4C3)ncc2C1.c1ccc2c(c1)CC(Nc1ncc3c(n1)CCNC3)C2. The molecule has 8 heterocycles. The number of fused-ring (bicyclic) bond motifs is 8. The molecule has 24 nitrogen and oxygen atoms in total. The number of nitrogens with zero attached hydrogens (tertiary/aromatic N) is 11. The number of ether oxygens (including phenoxy) is 2. The van der Waals surface area contributed by atoms with Crippen molar-refractivity contribution in [3.8, 4) is 12.3 Å². The van der Waals surface area contributed by atoms with Crippen molar-refractivity contribution < 1.29 is 23.9 Å². The van der Waals surface area contributed by atoms with Gasteiger partial charge in [-0.1, -0.05) is 110 Å². The second-order valence-electron chi connectivity index (χ2n) is 27.0. The van der Waals surface area contributed by atoms with Crippen LogP contribution >= 0.6 is 0 Å². The minimum atomic E-state index is -0.0356. The van der Waals surface area contributed by atoms with Gasteiger partial charge in [0.25, 0.3) is 0 Å². The van der Waals surface area contributed by atoms with E-state index in [1.807, 2.05) is 29.7 Å². The highest BCUT2D eigenvalue weighted by Gasteiger charge is 2.30. The summed E-state index contributed by atoms with van der Waals surface area (Å²) in [6, 6.07) is 35.7. The normalized spacial score (nSPS) is 16.0. The molecular formula is C79H91N19O5. The van der Waals surface area contributed by atoms with E-state index in [4.69, 9.17) is 36.7 Å². The Balaban J connectivity index is 0.000000130. The third-order valence-corrected chi connectivity index (χ3v) is 19.9. The van der Waals surface area contributed by atoms with Crippen molar-refractivity contribution in [2.24, 2.45) is 0 Å². The van der Waals surface area contributed by atoms with Crippen molar-refractivity contribution in [3.63, 3.8) is 0 Å². The van der Waals surface area contributed by atoms with E-state index in [1.165, 1.54) is 61.8 Å². The third kappa shape index (κ3) is 18.9. The van der Waals surface area contributed by atoms with Gasteiger partial charge in [-0.3, -0.25) is 14.4 Å². The number of hydrogen-bond acceptors (Lipinski definition) is 21. The molecule has 16 rings (SSSR count). The number of carbonyl (C=O) groups is 3. The van der Waals surface area contributed by atoms with E-state index >= 15 is 0 Å². The predicted octanol–water partition coefficient (Wildman–Crippen LogP) is 7.99. The lowest BCUT2D eigenvalue weighted by Crippen LogP contribution is -2.37. The number of terminal acetylenes is 1. The maximum Gasteiger partial charge on any atom is 0.246 e. The van der Waals surface area contributed by atoms with Crippen LogP contribution in [0.15, 0.2) is 135 Å². The van der Waals surface area contributed by atoms with Gasteiger partial charge in [-0.25, -0.2) is 39.9 Å². The first kappa shape index (κ1) is 72.1. The minimum Gasteiger partial charge on any atom is -0.375 e. The summed E-state index contributed by atoms with van der Waals surface area (Å²) in [5.74, 6) is 5.27. The molecule has 0 saturated heterocycles. The number of hydrogen-bond donors (Lipinski definition) is 8. The van der Waals surface area contributed by atoms with Crippen LogP contribution in [-0.2, 0) is 127 Å². The fraction of sp³-hybridized carbons (Fsp3) is 0.380. The lowest BCUT2D eigenvalue weighted by Gasteiger charge is -2.28. The number of rotatable bonds is 19. The second-order valence-corrected chi connectivity index (χ2v) is 27.0.